The molecular weight excluding hydrogens is 140 g/mol. The number of hydrogen-bond acceptors (Lipinski definition) is 3. The SMILES string of the molecule is Cc1cc([C@@H](N)CN)oc1C. The van der Waals surface area contributed by atoms with Crippen LogP contribution in [0.4, 0.5) is 0 Å². The molecule has 0 aliphatic heterocycles. The predicted molar refractivity (Wildman–Crippen MR) is 44.2 cm³/mol. The minimum absolute atomic E-state index is 0.164. The Balaban J connectivity index is 2.88. The van der Waals surface area contributed by atoms with Crippen molar-refractivity contribution in [2.75, 3.05) is 6.54 Å². The van der Waals surface area contributed by atoms with Crippen molar-refractivity contribution in [3.8, 4) is 0 Å². The molecule has 1 atom stereocenters. The first-order valence-electron chi connectivity index (χ1n) is 3.67. The van der Waals surface area contributed by atoms with Crippen LogP contribution < -0.4 is 11.5 Å². The first kappa shape index (κ1) is 8.30. The molecule has 0 saturated heterocycles. The van der Waals surface area contributed by atoms with Gasteiger partial charge in [0.05, 0.1) is 6.04 Å². The topological polar surface area (TPSA) is 65.2 Å². The lowest BCUT2D eigenvalue weighted by molar-refractivity contribution is 0.448. The van der Waals surface area contributed by atoms with Crippen LogP contribution >= 0.6 is 0 Å². The lowest BCUT2D eigenvalue weighted by Crippen LogP contribution is -2.19. The molecule has 0 aliphatic rings. The van der Waals surface area contributed by atoms with Crippen LogP contribution in [0.1, 0.15) is 23.1 Å². The molecule has 0 fully saturated rings. The highest BCUT2D eigenvalue weighted by Crippen LogP contribution is 2.17. The molecule has 3 heteroatoms. The number of hydrogen-bond donors (Lipinski definition) is 2. The maximum absolute atomic E-state index is 5.66. The minimum Gasteiger partial charge on any atom is -0.464 e. The molecule has 0 saturated carbocycles. The van der Waals surface area contributed by atoms with Crippen molar-refractivity contribution >= 4 is 0 Å². The summed E-state index contributed by atoms with van der Waals surface area (Å²) in [7, 11) is 0. The molecule has 0 spiro atoms. The molecule has 1 aromatic heterocycles. The van der Waals surface area contributed by atoms with Gasteiger partial charge in [0.2, 0.25) is 0 Å². The van der Waals surface area contributed by atoms with E-state index >= 15 is 0 Å². The van der Waals surface area contributed by atoms with Gasteiger partial charge in [0.15, 0.2) is 0 Å². The van der Waals surface area contributed by atoms with Crippen LogP contribution in [-0.2, 0) is 0 Å². The fourth-order valence-electron chi connectivity index (χ4n) is 0.901. The molecule has 1 aromatic rings. The van der Waals surface area contributed by atoms with E-state index in [0.717, 1.165) is 17.1 Å². The van der Waals surface area contributed by atoms with Gasteiger partial charge in [-0.2, -0.15) is 0 Å². The maximum atomic E-state index is 5.66. The second-order valence-electron chi connectivity index (χ2n) is 2.73. The van der Waals surface area contributed by atoms with Crippen LogP contribution in [0.3, 0.4) is 0 Å². The molecule has 0 aromatic carbocycles. The summed E-state index contributed by atoms with van der Waals surface area (Å²) in [6.07, 6.45) is 0. The first-order valence-corrected chi connectivity index (χ1v) is 3.67. The van der Waals surface area contributed by atoms with Crippen LogP contribution in [0.2, 0.25) is 0 Å². The van der Waals surface area contributed by atoms with E-state index in [-0.39, 0.29) is 6.04 Å². The van der Waals surface area contributed by atoms with Gasteiger partial charge in [-0.15, -0.1) is 0 Å². The Morgan fingerprint density at radius 3 is 2.55 bits per heavy atom. The molecule has 0 bridgehead atoms. The molecule has 4 N–H and O–H groups in total. The molecule has 3 nitrogen and oxygen atoms in total. The van der Waals surface area contributed by atoms with Gasteiger partial charge >= 0.3 is 0 Å². The molecule has 0 amide bonds. The number of aryl methyl sites for hydroxylation is 2. The van der Waals surface area contributed by atoms with Gasteiger partial charge in [-0.1, -0.05) is 0 Å². The molecule has 11 heavy (non-hydrogen) atoms. The monoisotopic (exact) mass is 154 g/mol. The highest BCUT2D eigenvalue weighted by molar-refractivity contribution is 5.20. The minimum atomic E-state index is -0.164. The third-order valence-corrected chi connectivity index (χ3v) is 1.80. The van der Waals surface area contributed by atoms with E-state index in [1.165, 1.54) is 0 Å². The molecule has 62 valence electrons. The first-order chi connectivity index (χ1) is 5.15. The molecule has 1 rings (SSSR count). The number of nitrogens with two attached hydrogens (primary N) is 2. The normalized spacial score (nSPS) is 13.5. The fraction of sp³-hybridized carbons (Fsp3) is 0.500. The Morgan fingerprint density at radius 2 is 2.18 bits per heavy atom. The standard InChI is InChI=1S/C8H14N2O/c1-5-3-8(7(10)4-9)11-6(5)2/h3,7H,4,9-10H2,1-2H3/t7-/m0/s1. The quantitative estimate of drug-likeness (QED) is 0.663. The van der Waals surface area contributed by atoms with Crippen LogP contribution in [0, 0.1) is 13.8 Å². The van der Waals surface area contributed by atoms with Crippen molar-refractivity contribution in [1.29, 1.82) is 0 Å². The number of rotatable bonds is 2. The van der Waals surface area contributed by atoms with E-state index in [0.29, 0.717) is 6.54 Å². The van der Waals surface area contributed by atoms with Crippen LogP contribution in [0.5, 0.6) is 0 Å². The zero-order valence-electron chi connectivity index (χ0n) is 6.92. The van der Waals surface area contributed by atoms with E-state index in [9.17, 15) is 0 Å². The maximum Gasteiger partial charge on any atom is 0.122 e. The summed E-state index contributed by atoms with van der Waals surface area (Å²) >= 11 is 0. The lowest BCUT2D eigenvalue weighted by Gasteiger charge is -2.02. The highest BCUT2D eigenvalue weighted by atomic mass is 16.3. The molecule has 1 heterocycles. The highest BCUT2D eigenvalue weighted by Gasteiger charge is 2.09. The zero-order valence-corrected chi connectivity index (χ0v) is 6.92. The summed E-state index contributed by atoms with van der Waals surface area (Å²) in [6, 6.07) is 1.77. The van der Waals surface area contributed by atoms with Crippen LogP contribution in [0.25, 0.3) is 0 Å². The van der Waals surface area contributed by atoms with Crippen molar-refractivity contribution < 1.29 is 4.42 Å². The second-order valence-corrected chi connectivity index (χ2v) is 2.73. The Kier molecular flexibility index (Phi) is 2.31. The summed E-state index contributed by atoms with van der Waals surface area (Å²) < 4.78 is 5.36. The van der Waals surface area contributed by atoms with Gasteiger partial charge in [-0.05, 0) is 25.5 Å². The van der Waals surface area contributed by atoms with E-state index in [2.05, 4.69) is 0 Å². The molecule has 0 aliphatic carbocycles. The summed E-state index contributed by atoms with van der Waals surface area (Å²) in [5.74, 6) is 1.70. The fourth-order valence-corrected chi connectivity index (χ4v) is 0.901. The third kappa shape index (κ3) is 1.61. The van der Waals surface area contributed by atoms with E-state index < -0.39 is 0 Å². The lowest BCUT2D eigenvalue weighted by atomic mass is 10.2. The molecule has 0 unspecified atom stereocenters. The van der Waals surface area contributed by atoms with Gasteiger partial charge in [-0.3, -0.25) is 0 Å². The van der Waals surface area contributed by atoms with E-state index in [1.54, 1.807) is 0 Å². The summed E-state index contributed by atoms with van der Waals surface area (Å²) in [6.45, 7) is 4.33. The summed E-state index contributed by atoms with van der Waals surface area (Å²) in [4.78, 5) is 0. The Hall–Kier alpha value is -0.800. The van der Waals surface area contributed by atoms with Crippen molar-refractivity contribution in [3.63, 3.8) is 0 Å². The van der Waals surface area contributed by atoms with Crippen LogP contribution in [0.15, 0.2) is 10.5 Å². The van der Waals surface area contributed by atoms with Crippen molar-refractivity contribution in [3.05, 3.63) is 23.2 Å². The average molecular weight is 154 g/mol. The van der Waals surface area contributed by atoms with Gasteiger partial charge in [0, 0.05) is 6.54 Å². The van der Waals surface area contributed by atoms with Crippen LogP contribution in [-0.4, -0.2) is 6.54 Å². The Labute approximate surface area is 66.4 Å². The smallest absolute Gasteiger partial charge is 0.122 e. The van der Waals surface area contributed by atoms with Crippen molar-refractivity contribution in [2.24, 2.45) is 11.5 Å². The molecule has 0 radical (unpaired) electrons. The largest absolute Gasteiger partial charge is 0.464 e. The summed E-state index contributed by atoms with van der Waals surface area (Å²) in [5.41, 5.74) is 12.2. The van der Waals surface area contributed by atoms with E-state index in [4.69, 9.17) is 15.9 Å². The van der Waals surface area contributed by atoms with Gasteiger partial charge in [0.1, 0.15) is 11.5 Å². The zero-order chi connectivity index (χ0) is 8.43. The predicted octanol–water partition coefficient (Wildman–Crippen LogP) is 0.855. The van der Waals surface area contributed by atoms with Gasteiger partial charge < -0.3 is 15.9 Å². The van der Waals surface area contributed by atoms with Gasteiger partial charge in [0.25, 0.3) is 0 Å². The van der Waals surface area contributed by atoms with Crippen molar-refractivity contribution in [1.82, 2.24) is 0 Å². The third-order valence-electron chi connectivity index (χ3n) is 1.80. The van der Waals surface area contributed by atoms with Gasteiger partial charge in [-0.25, -0.2) is 0 Å². The molecular formula is C8H14N2O. The summed E-state index contributed by atoms with van der Waals surface area (Å²) in [5, 5.41) is 0. The van der Waals surface area contributed by atoms with Crippen molar-refractivity contribution in [2.45, 2.75) is 19.9 Å². The number of furan rings is 1. The average Bonchev–Trinajstić information content (AvgIpc) is 2.31. The Bertz CT molecular complexity index is 223. The second kappa shape index (κ2) is 3.07. The Morgan fingerprint density at radius 1 is 1.55 bits per heavy atom. The van der Waals surface area contributed by atoms with E-state index in [1.807, 2.05) is 19.9 Å².